The molecule has 1 saturated carbocycles. The number of amides is 1. The minimum absolute atomic E-state index is 0.0208. The Morgan fingerprint density at radius 2 is 1.80 bits per heavy atom. The molecule has 0 heterocycles. The maximum absolute atomic E-state index is 12.9. The molecule has 0 radical (unpaired) electrons. The summed E-state index contributed by atoms with van der Waals surface area (Å²) in [7, 11) is 3.28. The highest BCUT2D eigenvalue weighted by Gasteiger charge is 2.31. The molecule has 0 atom stereocenters. The van der Waals surface area contributed by atoms with Crippen LogP contribution >= 0.6 is 0 Å². The van der Waals surface area contributed by atoms with Crippen molar-refractivity contribution < 1.29 is 19.0 Å². The molecule has 0 aromatic heterocycles. The highest BCUT2D eigenvalue weighted by Crippen LogP contribution is 2.30. The first-order valence-electron chi connectivity index (χ1n) is 10.4. The van der Waals surface area contributed by atoms with Crippen molar-refractivity contribution in [3.8, 4) is 17.2 Å². The van der Waals surface area contributed by atoms with Gasteiger partial charge in [-0.25, -0.2) is 0 Å². The SMILES string of the molecule is COc1ccc(CN(C(=O)/C=C/c2ccc(OCC(C)C)c(OC)c2)C2CC2)cc1. The van der Waals surface area contributed by atoms with Crippen LogP contribution in [0.2, 0.25) is 0 Å². The van der Waals surface area contributed by atoms with Crippen LogP contribution < -0.4 is 14.2 Å². The van der Waals surface area contributed by atoms with E-state index in [-0.39, 0.29) is 5.91 Å². The van der Waals surface area contributed by atoms with Crippen LogP contribution in [-0.4, -0.2) is 37.7 Å². The fraction of sp³-hybridized carbons (Fsp3) is 0.400. The average molecular weight is 410 g/mol. The standard InChI is InChI=1S/C25H31NO4/c1-18(2)17-30-23-13-7-19(15-24(23)29-4)8-14-25(27)26(21-9-10-21)16-20-5-11-22(28-3)12-6-20/h5-8,11-15,18,21H,9-10,16-17H2,1-4H3/b14-8+. The summed E-state index contributed by atoms with van der Waals surface area (Å²) in [4.78, 5) is 14.8. The van der Waals surface area contributed by atoms with Crippen LogP contribution in [0.15, 0.2) is 48.5 Å². The second-order valence-corrected chi connectivity index (χ2v) is 7.99. The Hall–Kier alpha value is -2.95. The first kappa shape index (κ1) is 21.8. The Labute approximate surface area is 179 Å². The molecule has 1 aliphatic rings. The van der Waals surface area contributed by atoms with Crippen LogP contribution in [0.1, 0.15) is 37.8 Å². The summed E-state index contributed by atoms with van der Waals surface area (Å²) in [5.74, 6) is 2.66. The van der Waals surface area contributed by atoms with Gasteiger partial charge in [-0.2, -0.15) is 0 Å². The topological polar surface area (TPSA) is 48.0 Å². The van der Waals surface area contributed by atoms with Gasteiger partial charge in [0.05, 0.1) is 20.8 Å². The molecule has 0 saturated heterocycles. The molecule has 1 aliphatic carbocycles. The molecule has 0 N–H and O–H groups in total. The van der Waals surface area contributed by atoms with E-state index >= 15 is 0 Å². The number of carbonyl (C=O) groups excluding carboxylic acids is 1. The summed E-state index contributed by atoms with van der Waals surface area (Å²) in [6, 6.07) is 13.9. The van der Waals surface area contributed by atoms with Crippen molar-refractivity contribution in [3.05, 3.63) is 59.7 Å². The second-order valence-electron chi connectivity index (χ2n) is 7.99. The third kappa shape index (κ3) is 6.02. The van der Waals surface area contributed by atoms with Crippen LogP contribution in [0, 0.1) is 5.92 Å². The van der Waals surface area contributed by atoms with Crippen LogP contribution in [-0.2, 0) is 11.3 Å². The van der Waals surface area contributed by atoms with Gasteiger partial charge in [-0.1, -0.05) is 32.0 Å². The van der Waals surface area contributed by atoms with Gasteiger partial charge in [-0.05, 0) is 60.2 Å². The van der Waals surface area contributed by atoms with Crippen molar-refractivity contribution in [2.24, 2.45) is 5.92 Å². The molecule has 5 heteroatoms. The predicted octanol–water partition coefficient (Wildman–Crippen LogP) is 4.94. The maximum Gasteiger partial charge on any atom is 0.247 e. The van der Waals surface area contributed by atoms with Gasteiger partial charge in [0.1, 0.15) is 5.75 Å². The third-order valence-electron chi connectivity index (χ3n) is 4.96. The summed E-state index contributed by atoms with van der Waals surface area (Å²) < 4.78 is 16.5. The van der Waals surface area contributed by atoms with E-state index in [1.807, 2.05) is 53.4 Å². The van der Waals surface area contributed by atoms with E-state index in [0.29, 0.717) is 36.6 Å². The minimum atomic E-state index is 0.0208. The first-order chi connectivity index (χ1) is 14.5. The molecule has 5 nitrogen and oxygen atoms in total. The van der Waals surface area contributed by atoms with Crippen molar-refractivity contribution in [1.29, 1.82) is 0 Å². The van der Waals surface area contributed by atoms with E-state index in [2.05, 4.69) is 13.8 Å². The number of benzene rings is 2. The van der Waals surface area contributed by atoms with Gasteiger partial charge in [0.2, 0.25) is 5.91 Å². The van der Waals surface area contributed by atoms with Gasteiger partial charge in [-0.3, -0.25) is 4.79 Å². The molecule has 1 fully saturated rings. The van der Waals surface area contributed by atoms with Gasteiger partial charge in [0.25, 0.3) is 0 Å². The summed E-state index contributed by atoms with van der Waals surface area (Å²) in [6.07, 6.45) is 5.60. The molecule has 2 aromatic carbocycles. The number of rotatable bonds is 10. The zero-order valence-electron chi connectivity index (χ0n) is 18.3. The predicted molar refractivity (Wildman–Crippen MR) is 119 cm³/mol. The Kier molecular flexibility index (Phi) is 7.39. The van der Waals surface area contributed by atoms with E-state index in [1.54, 1.807) is 20.3 Å². The summed E-state index contributed by atoms with van der Waals surface area (Å²) in [5, 5.41) is 0. The number of methoxy groups -OCH3 is 2. The van der Waals surface area contributed by atoms with Crippen molar-refractivity contribution >= 4 is 12.0 Å². The van der Waals surface area contributed by atoms with E-state index in [0.717, 1.165) is 29.7 Å². The lowest BCUT2D eigenvalue weighted by atomic mass is 10.1. The molecule has 2 aromatic rings. The molecule has 0 aliphatic heterocycles. The quantitative estimate of drug-likeness (QED) is 0.521. The van der Waals surface area contributed by atoms with Crippen LogP contribution in [0.5, 0.6) is 17.2 Å². The van der Waals surface area contributed by atoms with E-state index in [1.165, 1.54) is 0 Å². The van der Waals surface area contributed by atoms with Crippen LogP contribution in [0.25, 0.3) is 6.08 Å². The minimum Gasteiger partial charge on any atom is -0.497 e. The monoisotopic (exact) mass is 409 g/mol. The first-order valence-corrected chi connectivity index (χ1v) is 10.4. The van der Waals surface area contributed by atoms with Crippen LogP contribution in [0.3, 0.4) is 0 Å². The maximum atomic E-state index is 12.9. The van der Waals surface area contributed by atoms with Gasteiger partial charge in [0, 0.05) is 18.7 Å². The zero-order valence-corrected chi connectivity index (χ0v) is 18.3. The molecule has 0 spiro atoms. The average Bonchev–Trinajstić information content (AvgIpc) is 3.60. The Morgan fingerprint density at radius 1 is 1.07 bits per heavy atom. The molecule has 0 bridgehead atoms. The van der Waals surface area contributed by atoms with Crippen molar-refractivity contribution in [2.75, 3.05) is 20.8 Å². The fourth-order valence-corrected chi connectivity index (χ4v) is 3.13. The molecule has 3 rings (SSSR count). The fourth-order valence-electron chi connectivity index (χ4n) is 3.13. The Balaban J connectivity index is 1.67. The van der Waals surface area contributed by atoms with Gasteiger partial charge >= 0.3 is 0 Å². The van der Waals surface area contributed by atoms with E-state index < -0.39 is 0 Å². The number of ether oxygens (including phenoxy) is 3. The number of nitrogens with zero attached hydrogens (tertiary/aromatic N) is 1. The lowest BCUT2D eigenvalue weighted by Crippen LogP contribution is -2.31. The summed E-state index contributed by atoms with van der Waals surface area (Å²) >= 11 is 0. The molecular weight excluding hydrogens is 378 g/mol. The highest BCUT2D eigenvalue weighted by atomic mass is 16.5. The van der Waals surface area contributed by atoms with E-state index in [4.69, 9.17) is 14.2 Å². The molecule has 1 amide bonds. The largest absolute Gasteiger partial charge is 0.497 e. The molecule has 0 unspecified atom stereocenters. The highest BCUT2D eigenvalue weighted by molar-refractivity contribution is 5.92. The lowest BCUT2D eigenvalue weighted by Gasteiger charge is -2.21. The number of carbonyl (C=O) groups is 1. The van der Waals surface area contributed by atoms with Crippen molar-refractivity contribution in [1.82, 2.24) is 4.90 Å². The zero-order chi connectivity index (χ0) is 21.5. The van der Waals surface area contributed by atoms with Gasteiger partial charge < -0.3 is 19.1 Å². The normalized spacial score (nSPS) is 13.5. The molecule has 30 heavy (non-hydrogen) atoms. The third-order valence-corrected chi connectivity index (χ3v) is 4.96. The molecular formula is C25H31NO4. The lowest BCUT2D eigenvalue weighted by molar-refractivity contribution is -0.127. The van der Waals surface area contributed by atoms with E-state index in [9.17, 15) is 4.79 Å². The number of hydrogen-bond acceptors (Lipinski definition) is 4. The van der Waals surface area contributed by atoms with Crippen molar-refractivity contribution in [3.63, 3.8) is 0 Å². The molecule has 160 valence electrons. The van der Waals surface area contributed by atoms with Gasteiger partial charge in [0.15, 0.2) is 11.5 Å². The summed E-state index contributed by atoms with van der Waals surface area (Å²) in [5.41, 5.74) is 2.00. The summed E-state index contributed by atoms with van der Waals surface area (Å²) in [6.45, 7) is 5.44. The Bertz CT molecular complexity index is 869. The van der Waals surface area contributed by atoms with Gasteiger partial charge in [-0.15, -0.1) is 0 Å². The number of hydrogen-bond donors (Lipinski definition) is 0. The van der Waals surface area contributed by atoms with Crippen molar-refractivity contribution in [2.45, 2.75) is 39.3 Å². The second kappa shape index (κ2) is 10.2. The van der Waals surface area contributed by atoms with Crippen LogP contribution in [0.4, 0.5) is 0 Å². The Morgan fingerprint density at radius 3 is 2.40 bits per heavy atom. The smallest absolute Gasteiger partial charge is 0.247 e.